The SMILES string of the molecule is NC(N)=NCCC[C@H](NC(=O)CNC(=O)[C@@H](CCCN=C(N)N)NS(=O)(=O)Cc1ccccc1)C(=O)c1nc2ccccc2s1. The number of guanidine groups is 2. The van der Waals surface area contributed by atoms with Crippen molar-refractivity contribution in [3.8, 4) is 0 Å². The molecule has 1 heterocycles. The molecule has 0 aliphatic heterocycles. The lowest BCUT2D eigenvalue weighted by atomic mass is 10.1. The van der Waals surface area contributed by atoms with Crippen LogP contribution in [-0.4, -0.2) is 74.6 Å². The van der Waals surface area contributed by atoms with Crippen molar-refractivity contribution in [3.05, 3.63) is 65.2 Å². The van der Waals surface area contributed by atoms with E-state index in [1.54, 1.807) is 36.4 Å². The number of Topliss-reactive ketones (excluding diaryl/α,β-unsaturated/α-hetero) is 1. The highest BCUT2D eigenvalue weighted by molar-refractivity contribution is 7.88. The zero-order valence-corrected chi connectivity index (χ0v) is 26.1. The van der Waals surface area contributed by atoms with Gasteiger partial charge in [0, 0.05) is 13.1 Å². The molecule has 242 valence electrons. The lowest BCUT2D eigenvalue weighted by Gasteiger charge is -2.20. The van der Waals surface area contributed by atoms with Crippen LogP contribution in [0.2, 0.25) is 0 Å². The molecule has 15 nitrogen and oxygen atoms in total. The fourth-order valence-corrected chi connectivity index (χ4v) is 6.57. The molecule has 2 atom stereocenters. The molecule has 0 spiro atoms. The van der Waals surface area contributed by atoms with Crippen LogP contribution in [0.3, 0.4) is 0 Å². The van der Waals surface area contributed by atoms with Gasteiger partial charge in [-0.05, 0) is 43.4 Å². The van der Waals surface area contributed by atoms with Gasteiger partial charge in [0.15, 0.2) is 16.9 Å². The number of thiazole rings is 1. The lowest BCUT2D eigenvalue weighted by molar-refractivity contribution is -0.127. The van der Waals surface area contributed by atoms with Gasteiger partial charge in [0.2, 0.25) is 27.6 Å². The number of rotatable bonds is 18. The first kappa shape index (κ1) is 34.9. The minimum absolute atomic E-state index is 0.0573. The van der Waals surface area contributed by atoms with Gasteiger partial charge in [-0.25, -0.2) is 18.1 Å². The number of carbonyl (C=O) groups is 3. The van der Waals surface area contributed by atoms with Crippen LogP contribution in [-0.2, 0) is 25.4 Å². The summed E-state index contributed by atoms with van der Waals surface area (Å²) in [6.07, 6.45) is 0.928. The summed E-state index contributed by atoms with van der Waals surface area (Å²) in [4.78, 5) is 51.6. The second-order valence-corrected chi connectivity index (χ2v) is 12.8. The number of benzene rings is 2. The number of sulfonamides is 1. The number of aliphatic imine (C=N–C) groups is 2. The summed E-state index contributed by atoms with van der Waals surface area (Å²) in [5.41, 5.74) is 22.7. The van der Waals surface area contributed by atoms with Crippen LogP contribution in [0, 0.1) is 0 Å². The van der Waals surface area contributed by atoms with Crippen molar-refractivity contribution < 1.29 is 22.8 Å². The largest absolute Gasteiger partial charge is 0.370 e. The number of nitrogens with zero attached hydrogens (tertiary/aromatic N) is 3. The van der Waals surface area contributed by atoms with Gasteiger partial charge in [-0.3, -0.25) is 24.4 Å². The summed E-state index contributed by atoms with van der Waals surface area (Å²) in [5.74, 6) is -2.36. The van der Waals surface area contributed by atoms with Gasteiger partial charge in [-0.15, -0.1) is 11.3 Å². The second-order valence-electron chi connectivity index (χ2n) is 10.0. The molecule has 45 heavy (non-hydrogen) atoms. The molecular weight excluding hydrogens is 621 g/mol. The van der Waals surface area contributed by atoms with E-state index in [4.69, 9.17) is 22.9 Å². The van der Waals surface area contributed by atoms with Crippen molar-refractivity contribution in [1.29, 1.82) is 0 Å². The number of amides is 2. The third-order valence-electron chi connectivity index (χ3n) is 6.31. The second kappa shape index (κ2) is 17.0. The van der Waals surface area contributed by atoms with E-state index in [1.807, 2.05) is 18.2 Å². The molecule has 0 aliphatic carbocycles. The Labute approximate surface area is 265 Å². The predicted octanol–water partition coefficient (Wildman–Crippen LogP) is -0.325. The van der Waals surface area contributed by atoms with Crippen molar-refractivity contribution >= 4 is 61.1 Å². The average molecular weight is 659 g/mol. The van der Waals surface area contributed by atoms with Crippen LogP contribution in [0.1, 0.15) is 41.0 Å². The van der Waals surface area contributed by atoms with E-state index in [-0.39, 0.29) is 55.0 Å². The summed E-state index contributed by atoms with van der Waals surface area (Å²) in [6, 6.07) is 13.6. The molecule has 11 N–H and O–H groups in total. The van der Waals surface area contributed by atoms with E-state index in [1.165, 1.54) is 11.3 Å². The Morgan fingerprint density at radius 2 is 1.44 bits per heavy atom. The number of carbonyl (C=O) groups excluding carboxylic acids is 3. The summed E-state index contributed by atoms with van der Waals surface area (Å²) < 4.78 is 29.0. The van der Waals surface area contributed by atoms with E-state index < -0.39 is 46.2 Å². The van der Waals surface area contributed by atoms with Gasteiger partial charge < -0.3 is 33.6 Å². The molecule has 0 saturated heterocycles. The normalized spacial score (nSPS) is 12.5. The molecular formula is C28H38N10O5S2. The minimum atomic E-state index is -3.94. The van der Waals surface area contributed by atoms with Crippen molar-refractivity contribution in [3.63, 3.8) is 0 Å². The summed E-state index contributed by atoms with van der Waals surface area (Å²) in [5, 5.41) is 5.34. The number of fused-ring (bicyclic) bond motifs is 1. The van der Waals surface area contributed by atoms with Crippen molar-refractivity contribution in [2.75, 3.05) is 19.6 Å². The number of nitrogens with one attached hydrogen (secondary N) is 3. The fraction of sp³-hybridized carbons (Fsp3) is 0.357. The van der Waals surface area contributed by atoms with Gasteiger partial charge in [-0.1, -0.05) is 42.5 Å². The maximum absolute atomic E-state index is 13.4. The average Bonchev–Trinajstić information content (AvgIpc) is 3.43. The van der Waals surface area contributed by atoms with E-state index >= 15 is 0 Å². The first-order chi connectivity index (χ1) is 21.4. The minimum Gasteiger partial charge on any atom is -0.370 e. The van der Waals surface area contributed by atoms with Gasteiger partial charge in [0.1, 0.15) is 6.04 Å². The van der Waals surface area contributed by atoms with E-state index in [9.17, 15) is 22.8 Å². The van der Waals surface area contributed by atoms with Crippen LogP contribution in [0.4, 0.5) is 0 Å². The smallest absolute Gasteiger partial charge is 0.239 e. The lowest BCUT2D eigenvalue weighted by Crippen LogP contribution is -2.51. The zero-order chi connectivity index (χ0) is 32.8. The van der Waals surface area contributed by atoms with E-state index in [0.29, 0.717) is 17.5 Å². The van der Waals surface area contributed by atoms with Crippen LogP contribution < -0.4 is 38.3 Å². The maximum atomic E-state index is 13.4. The number of hydrogen-bond acceptors (Lipinski definition) is 9. The third kappa shape index (κ3) is 12.1. The Hall–Kier alpha value is -4.61. The standard InChI is InChI=1S/C28H38N10O5S2/c29-27(30)33-14-6-11-20(24(40)26-37-19-10-4-5-13-22(19)44-26)36-23(39)16-35-25(41)21(12-7-15-34-28(31)32)38-45(42,43)17-18-8-2-1-3-9-18/h1-5,8-10,13,20-21,38H,6-7,11-12,14-17H2,(H,35,41)(H,36,39)(H4,29,30,33)(H4,31,32,34)/t20-,21+/m0/s1. The van der Waals surface area contributed by atoms with Crippen molar-refractivity contribution in [1.82, 2.24) is 20.3 Å². The van der Waals surface area contributed by atoms with E-state index in [0.717, 1.165) is 4.70 Å². The molecule has 0 saturated carbocycles. The van der Waals surface area contributed by atoms with Gasteiger partial charge in [0.05, 0.1) is 28.6 Å². The van der Waals surface area contributed by atoms with Crippen molar-refractivity contribution in [2.45, 2.75) is 43.5 Å². The predicted molar refractivity (Wildman–Crippen MR) is 175 cm³/mol. The Bertz CT molecular complexity index is 1590. The highest BCUT2D eigenvalue weighted by atomic mass is 32.2. The zero-order valence-electron chi connectivity index (χ0n) is 24.5. The highest BCUT2D eigenvalue weighted by Crippen LogP contribution is 2.23. The van der Waals surface area contributed by atoms with Gasteiger partial charge >= 0.3 is 0 Å². The first-order valence-electron chi connectivity index (χ1n) is 14.0. The highest BCUT2D eigenvalue weighted by Gasteiger charge is 2.27. The molecule has 3 aromatic rings. The number of para-hydroxylation sites is 1. The molecule has 2 aromatic carbocycles. The van der Waals surface area contributed by atoms with Gasteiger partial charge in [0.25, 0.3) is 0 Å². The first-order valence-corrected chi connectivity index (χ1v) is 16.5. The molecule has 0 unspecified atom stereocenters. The fourth-order valence-electron chi connectivity index (χ4n) is 4.23. The number of ketones is 1. The Morgan fingerprint density at radius 3 is 2.07 bits per heavy atom. The third-order valence-corrected chi connectivity index (χ3v) is 8.72. The van der Waals surface area contributed by atoms with Crippen LogP contribution >= 0.6 is 11.3 Å². The van der Waals surface area contributed by atoms with E-state index in [2.05, 4.69) is 30.3 Å². The van der Waals surface area contributed by atoms with Crippen LogP contribution in [0.5, 0.6) is 0 Å². The Balaban J connectivity index is 1.67. The molecule has 1 aromatic heterocycles. The quantitative estimate of drug-likeness (QED) is 0.0405. The summed E-state index contributed by atoms with van der Waals surface area (Å²) in [6.45, 7) is -0.104. The number of nitrogens with two attached hydrogens (primary N) is 4. The molecule has 0 fully saturated rings. The molecule has 17 heteroatoms. The molecule has 0 aliphatic rings. The van der Waals surface area contributed by atoms with Crippen LogP contribution in [0.15, 0.2) is 64.6 Å². The summed E-state index contributed by atoms with van der Waals surface area (Å²) in [7, 11) is -3.94. The monoisotopic (exact) mass is 658 g/mol. The maximum Gasteiger partial charge on any atom is 0.239 e. The molecule has 0 bridgehead atoms. The Morgan fingerprint density at radius 1 is 0.844 bits per heavy atom. The molecule has 2 amide bonds. The number of hydrogen-bond donors (Lipinski definition) is 7. The summed E-state index contributed by atoms with van der Waals surface area (Å²) >= 11 is 1.20. The molecule has 3 rings (SSSR count). The van der Waals surface area contributed by atoms with Crippen molar-refractivity contribution in [2.24, 2.45) is 32.9 Å². The molecule has 0 radical (unpaired) electrons. The number of aromatic nitrogens is 1. The van der Waals surface area contributed by atoms with Gasteiger partial charge in [-0.2, -0.15) is 0 Å². The Kier molecular flexibility index (Phi) is 13.2. The van der Waals surface area contributed by atoms with Crippen LogP contribution in [0.25, 0.3) is 10.2 Å². The topological polar surface area (TPSA) is 263 Å².